The second kappa shape index (κ2) is 6.60. The van der Waals surface area contributed by atoms with Crippen molar-refractivity contribution in [2.24, 2.45) is 0 Å². The number of carbonyl (C=O) groups is 1. The molecule has 2 heterocycles. The minimum Gasteiger partial charge on any atom is -0.444 e. The number of ether oxygens (including phenoxy) is 1. The molecule has 0 saturated carbocycles. The van der Waals surface area contributed by atoms with Crippen molar-refractivity contribution in [1.29, 1.82) is 0 Å². The monoisotopic (exact) mass is 326 g/mol. The summed E-state index contributed by atoms with van der Waals surface area (Å²) < 4.78 is 5.42. The summed E-state index contributed by atoms with van der Waals surface area (Å²) in [6.45, 7) is 8.31. The van der Waals surface area contributed by atoms with Gasteiger partial charge in [-0.1, -0.05) is 11.6 Å². The van der Waals surface area contributed by atoms with Crippen molar-refractivity contribution in [3.63, 3.8) is 0 Å². The van der Waals surface area contributed by atoms with E-state index in [0.29, 0.717) is 30.3 Å². The van der Waals surface area contributed by atoms with E-state index < -0.39 is 5.60 Å². The second-order valence-electron chi connectivity index (χ2n) is 6.37. The van der Waals surface area contributed by atoms with Crippen LogP contribution in [-0.4, -0.2) is 47.8 Å². The quantitative estimate of drug-likeness (QED) is 0.859. The summed E-state index contributed by atoms with van der Waals surface area (Å²) in [5.41, 5.74) is 6.06. The molecule has 0 atom stereocenters. The van der Waals surface area contributed by atoms with E-state index >= 15 is 0 Å². The molecule has 0 aromatic carbocycles. The molecule has 6 nitrogen and oxygen atoms in total. The molecule has 122 valence electrons. The Balaban J connectivity index is 2.02. The normalized spacial score (nSPS) is 16.4. The Morgan fingerprint density at radius 3 is 2.68 bits per heavy atom. The van der Waals surface area contributed by atoms with Crippen molar-refractivity contribution < 1.29 is 9.53 Å². The van der Waals surface area contributed by atoms with Gasteiger partial charge < -0.3 is 20.3 Å². The SMILES string of the molecule is CC(C)(C)OC(=O)N1CCCN(c2ncc(Cl)cc2N)CC1. The Bertz CT molecular complexity index is 545. The summed E-state index contributed by atoms with van der Waals surface area (Å²) in [7, 11) is 0. The van der Waals surface area contributed by atoms with E-state index in [4.69, 9.17) is 22.1 Å². The fourth-order valence-electron chi connectivity index (χ4n) is 2.35. The fraction of sp³-hybridized carbons (Fsp3) is 0.600. The molecule has 22 heavy (non-hydrogen) atoms. The van der Waals surface area contributed by atoms with Gasteiger partial charge in [-0.2, -0.15) is 0 Å². The highest BCUT2D eigenvalue weighted by Crippen LogP contribution is 2.24. The lowest BCUT2D eigenvalue weighted by molar-refractivity contribution is 0.0263. The average molecular weight is 327 g/mol. The summed E-state index contributed by atoms with van der Waals surface area (Å²) in [6.07, 6.45) is 2.15. The first-order valence-corrected chi connectivity index (χ1v) is 7.78. The maximum atomic E-state index is 12.1. The molecule has 0 unspecified atom stereocenters. The number of nitrogens with two attached hydrogens (primary N) is 1. The van der Waals surface area contributed by atoms with Gasteiger partial charge in [-0.3, -0.25) is 0 Å². The van der Waals surface area contributed by atoms with E-state index in [0.717, 1.165) is 18.8 Å². The van der Waals surface area contributed by atoms with Crippen molar-refractivity contribution in [1.82, 2.24) is 9.88 Å². The van der Waals surface area contributed by atoms with Gasteiger partial charge >= 0.3 is 6.09 Å². The zero-order valence-electron chi connectivity index (χ0n) is 13.3. The van der Waals surface area contributed by atoms with Crippen LogP contribution in [0.5, 0.6) is 0 Å². The van der Waals surface area contributed by atoms with Gasteiger partial charge in [0.2, 0.25) is 0 Å². The van der Waals surface area contributed by atoms with Crippen LogP contribution in [0.25, 0.3) is 0 Å². The van der Waals surface area contributed by atoms with Crippen LogP contribution in [-0.2, 0) is 4.74 Å². The molecule has 2 N–H and O–H groups in total. The van der Waals surface area contributed by atoms with Gasteiger partial charge in [0, 0.05) is 32.4 Å². The number of pyridine rings is 1. The smallest absolute Gasteiger partial charge is 0.410 e. The summed E-state index contributed by atoms with van der Waals surface area (Å²) in [4.78, 5) is 20.3. The van der Waals surface area contributed by atoms with Gasteiger partial charge in [-0.15, -0.1) is 0 Å². The van der Waals surface area contributed by atoms with Crippen molar-refractivity contribution in [2.75, 3.05) is 36.8 Å². The molecular formula is C15H23ClN4O2. The Morgan fingerprint density at radius 1 is 1.32 bits per heavy atom. The largest absolute Gasteiger partial charge is 0.444 e. The fourth-order valence-corrected chi connectivity index (χ4v) is 2.52. The number of carbonyl (C=O) groups excluding carboxylic acids is 1. The van der Waals surface area contributed by atoms with Gasteiger partial charge in [0.05, 0.1) is 10.7 Å². The van der Waals surface area contributed by atoms with E-state index in [1.807, 2.05) is 20.8 Å². The van der Waals surface area contributed by atoms with E-state index in [1.165, 1.54) is 0 Å². The number of halogens is 1. The van der Waals surface area contributed by atoms with Crippen molar-refractivity contribution >= 4 is 29.2 Å². The molecule has 1 saturated heterocycles. The Labute approximate surface area is 136 Å². The Kier molecular flexibility index (Phi) is 5.01. The predicted octanol–water partition coefficient (Wildman–Crippen LogP) is 2.76. The van der Waals surface area contributed by atoms with E-state index in [2.05, 4.69) is 9.88 Å². The van der Waals surface area contributed by atoms with Crippen LogP contribution in [0.2, 0.25) is 5.02 Å². The second-order valence-corrected chi connectivity index (χ2v) is 6.81. The lowest BCUT2D eigenvalue weighted by Crippen LogP contribution is -2.39. The lowest BCUT2D eigenvalue weighted by atomic mass is 10.2. The van der Waals surface area contributed by atoms with Crippen LogP contribution in [0, 0.1) is 0 Å². The van der Waals surface area contributed by atoms with E-state index in [1.54, 1.807) is 17.2 Å². The highest BCUT2D eigenvalue weighted by molar-refractivity contribution is 6.30. The number of rotatable bonds is 1. The van der Waals surface area contributed by atoms with Crippen molar-refractivity contribution in [3.8, 4) is 0 Å². The standard InChI is InChI=1S/C15H23ClN4O2/c1-15(2,3)22-14(21)20-6-4-5-19(7-8-20)13-12(17)9-11(16)10-18-13/h9-10H,4-8,17H2,1-3H3. The minimum atomic E-state index is -0.481. The van der Waals surface area contributed by atoms with Crippen LogP contribution in [0.3, 0.4) is 0 Å². The highest BCUT2D eigenvalue weighted by Gasteiger charge is 2.25. The summed E-state index contributed by atoms with van der Waals surface area (Å²) in [5.74, 6) is 0.718. The van der Waals surface area contributed by atoms with E-state index in [-0.39, 0.29) is 6.09 Å². The lowest BCUT2D eigenvalue weighted by Gasteiger charge is -2.27. The first-order chi connectivity index (χ1) is 10.3. The molecule has 0 bridgehead atoms. The number of hydrogen-bond donors (Lipinski definition) is 1. The number of anilines is 2. The zero-order valence-corrected chi connectivity index (χ0v) is 14.1. The summed E-state index contributed by atoms with van der Waals surface area (Å²) in [6, 6.07) is 1.69. The molecule has 0 radical (unpaired) electrons. The number of aromatic nitrogens is 1. The number of hydrogen-bond acceptors (Lipinski definition) is 5. The number of amides is 1. The van der Waals surface area contributed by atoms with Crippen LogP contribution in [0.15, 0.2) is 12.3 Å². The molecule has 1 fully saturated rings. The molecule has 1 aliphatic heterocycles. The average Bonchev–Trinajstić information content (AvgIpc) is 2.62. The molecule has 0 aliphatic carbocycles. The molecule has 1 aliphatic rings. The molecule has 1 amide bonds. The molecule has 0 spiro atoms. The zero-order chi connectivity index (χ0) is 16.3. The first-order valence-electron chi connectivity index (χ1n) is 7.40. The van der Waals surface area contributed by atoms with Gasteiger partial charge in [-0.05, 0) is 33.3 Å². The molecular weight excluding hydrogens is 304 g/mol. The molecule has 2 rings (SSSR count). The Hall–Kier alpha value is -1.69. The third kappa shape index (κ3) is 4.40. The van der Waals surface area contributed by atoms with Crippen LogP contribution in [0.1, 0.15) is 27.2 Å². The third-order valence-electron chi connectivity index (χ3n) is 3.31. The van der Waals surface area contributed by atoms with Gasteiger partial charge in [0.25, 0.3) is 0 Å². The summed E-state index contributed by atoms with van der Waals surface area (Å²) in [5, 5.41) is 0.520. The summed E-state index contributed by atoms with van der Waals surface area (Å²) >= 11 is 5.88. The molecule has 1 aromatic rings. The minimum absolute atomic E-state index is 0.272. The van der Waals surface area contributed by atoms with Gasteiger partial charge in [0.15, 0.2) is 5.82 Å². The number of nitrogen functional groups attached to an aromatic ring is 1. The topological polar surface area (TPSA) is 71.7 Å². The third-order valence-corrected chi connectivity index (χ3v) is 3.52. The van der Waals surface area contributed by atoms with Gasteiger partial charge in [0.1, 0.15) is 5.60 Å². The van der Waals surface area contributed by atoms with Crippen molar-refractivity contribution in [3.05, 3.63) is 17.3 Å². The highest BCUT2D eigenvalue weighted by atomic mass is 35.5. The van der Waals surface area contributed by atoms with Crippen LogP contribution in [0.4, 0.5) is 16.3 Å². The van der Waals surface area contributed by atoms with Crippen LogP contribution >= 0.6 is 11.6 Å². The van der Waals surface area contributed by atoms with Gasteiger partial charge in [-0.25, -0.2) is 9.78 Å². The van der Waals surface area contributed by atoms with E-state index in [9.17, 15) is 4.79 Å². The maximum absolute atomic E-state index is 12.1. The molecule has 7 heteroatoms. The molecule has 1 aromatic heterocycles. The number of nitrogens with zero attached hydrogens (tertiary/aromatic N) is 3. The van der Waals surface area contributed by atoms with Crippen LogP contribution < -0.4 is 10.6 Å². The van der Waals surface area contributed by atoms with Crippen molar-refractivity contribution in [2.45, 2.75) is 32.8 Å². The maximum Gasteiger partial charge on any atom is 0.410 e. The predicted molar refractivity (Wildman–Crippen MR) is 88.3 cm³/mol. The Morgan fingerprint density at radius 2 is 2.05 bits per heavy atom. The first kappa shape index (κ1) is 16.7.